The highest BCUT2D eigenvalue weighted by Crippen LogP contribution is 2.18. The third-order valence-corrected chi connectivity index (χ3v) is 5.78. The number of rotatable bonds is 22. The van der Waals surface area contributed by atoms with Crippen LogP contribution in [0.1, 0.15) is 136 Å². The van der Waals surface area contributed by atoms with Gasteiger partial charge in [-0.15, -0.1) is 0 Å². The molecule has 0 radical (unpaired) electrons. The van der Waals surface area contributed by atoms with Gasteiger partial charge in [-0.1, -0.05) is 97.3 Å². The first-order chi connectivity index (χ1) is 14.5. The highest BCUT2D eigenvalue weighted by Gasteiger charge is 2.17. The van der Waals surface area contributed by atoms with Gasteiger partial charge >= 0.3 is 11.9 Å². The van der Waals surface area contributed by atoms with Gasteiger partial charge in [0.2, 0.25) is 0 Å². The summed E-state index contributed by atoms with van der Waals surface area (Å²) in [5.74, 6) is -1.38. The Morgan fingerprint density at radius 2 is 1.10 bits per heavy atom. The molecule has 0 aliphatic rings. The predicted molar refractivity (Wildman–Crippen MR) is 125 cm³/mol. The summed E-state index contributed by atoms with van der Waals surface area (Å²) >= 11 is 0. The molecule has 0 aromatic rings. The molecule has 178 valence electrons. The van der Waals surface area contributed by atoms with Crippen molar-refractivity contribution in [1.29, 1.82) is 0 Å². The maximum Gasteiger partial charge on any atom is 0.320 e. The quantitative estimate of drug-likeness (QED) is 0.147. The lowest BCUT2D eigenvalue weighted by Gasteiger charge is -2.18. The van der Waals surface area contributed by atoms with Gasteiger partial charge in [-0.2, -0.15) is 0 Å². The molecule has 0 aliphatic carbocycles. The molecule has 3 N–H and O–H groups in total. The van der Waals surface area contributed by atoms with Gasteiger partial charge in [-0.3, -0.25) is 9.59 Å². The van der Waals surface area contributed by atoms with Crippen LogP contribution in [0.25, 0.3) is 0 Å². The monoisotopic (exact) mass is 427 g/mol. The molecule has 0 aromatic carbocycles. The first-order valence-electron chi connectivity index (χ1n) is 12.7. The van der Waals surface area contributed by atoms with E-state index in [0.717, 1.165) is 25.7 Å². The Labute approximate surface area is 185 Å². The van der Waals surface area contributed by atoms with E-state index >= 15 is 0 Å². The molecule has 0 saturated carbocycles. The van der Waals surface area contributed by atoms with E-state index in [1.165, 1.54) is 83.5 Å². The van der Waals surface area contributed by atoms with E-state index in [1.807, 2.05) is 0 Å². The average molecular weight is 428 g/mol. The lowest BCUT2D eigenvalue weighted by atomic mass is 10.0. The largest absolute Gasteiger partial charge is 0.480 e. The molecular formula is C25H49NO4. The fourth-order valence-corrected chi connectivity index (χ4v) is 3.74. The molecular weight excluding hydrogens is 378 g/mol. The number of carbonyl (C=O) groups excluding carboxylic acids is 1. The van der Waals surface area contributed by atoms with Crippen LogP contribution in [0.4, 0.5) is 0 Å². The summed E-state index contributed by atoms with van der Waals surface area (Å²) in [7, 11) is 0. The van der Waals surface area contributed by atoms with Gasteiger partial charge in [-0.05, 0) is 32.1 Å². The number of nitrogens with two attached hydrogens (primary N) is 1. The molecule has 2 atom stereocenters. The maximum absolute atomic E-state index is 12.1. The van der Waals surface area contributed by atoms with E-state index in [2.05, 4.69) is 13.8 Å². The maximum atomic E-state index is 12.1. The van der Waals surface area contributed by atoms with Crippen LogP contribution in [0.5, 0.6) is 0 Å². The number of carboxylic acid groups (broad SMARTS) is 1. The second-order valence-electron chi connectivity index (χ2n) is 8.77. The van der Waals surface area contributed by atoms with Gasteiger partial charge in [0, 0.05) is 6.42 Å². The highest BCUT2D eigenvalue weighted by atomic mass is 16.5. The molecule has 0 amide bonds. The number of ether oxygens (including phenoxy) is 1. The first-order valence-corrected chi connectivity index (χ1v) is 12.7. The summed E-state index contributed by atoms with van der Waals surface area (Å²) in [6.45, 7) is 4.46. The van der Waals surface area contributed by atoms with Crippen LogP contribution >= 0.6 is 0 Å². The Bertz CT molecular complexity index is 414. The Morgan fingerprint density at radius 1 is 0.700 bits per heavy atom. The van der Waals surface area contributed by atoms with Crippen molar-refractivity contribution in [2.24, 2.45) is 5.73 Å². The molecule has 0 saturated heterocycles. The number of esters is 1. The van der Waals surface area contributed by atoms with Crippen molar-refractivity contribution in [1.82, 2.24) is 0 Å². The van der Waals surface area contributed by atoms with E-state index in [9.17, 15) is 9.59 Å². The minimum absolute atomic E-state index is 0.0331. The molecule has 30 heavy (non-hydrogen) atoms. The smallest absolute Gasteiger partial charge is 0.320 e. The summed E-state index contributed by atoms with van der Waals surface area (Å²) in [6, 6.07) is -0.994. The van der Waals surface area contributed by atoms with Crippen LogP contribution in [-0.4, -0.2) is 29.2 Å². The van der Waals surface area contributed by atoms with Crippen molar-refractivity contribution in [3.8, 4) is 0 Å². The molecule has 0 rings (SSSR count). The van der Waals surface area contributed by atoms with Crippen molar-refractivity contribution in [2.45, 2.75) is 148 Å². The van der Waals surface area contributed by atoms with Gasteiger partial charge in [0.05, 0.1) is 0 Å². The van der Waals surface area contributed by atoms with Crippen LogP contribution in [0.3, 0.4) is 0 Å². The van der Waals surface area contributed by atoms with Gasteiger partial charge in [0.25, 0.3) is 0 Å². The summed E-state index contributed by atoms with van der Waals surface area (Å²) in [4.78, 5) is 23.0. The molecule has 5 nitrogen and oxygen atoms in total. The van der Waals surface area contributed by atoms with Crippen LogP contribution in [0, 0.1) is 0 Å². The third kappa shape index (κ3) is 18.9. The number of carboxylic acids is 1. The van der Waals surface area contributed by atoms with E-state index in [0.29, 0.717) is 0 Å². The Morgan fingerprint density at radius 3 is 1.50 bits per heavy atom. The summed E-state index contributed by atoms with van der Waals surface area (Å²) in [5.41, 5.74) is 5.49. The second kappa shape index (κ2) is 21.1. The topological polar surface area (TPSA) is 89.6 Å². The van der Waals surface area contributed by atoms with Crippen LogP contribution in [0.15, 0.2) is 0 Å². The zero-order chi connectivity index (χ0) is 22.5. The number of carbonyl (C=O) groups is 2. The zero-order valence-electron chi connectivity index (χ0n) is 19.8. The van der Waals surface area contributed by atoms with E-state index < -0.39 is 12.0 Å². The van der Waals surface area contributed by atoms with Crippen LogP contribution < -0.4 is 5.73 Å². The SMILES string of the molecule is CCCCCCCCCCCC(CCCCCCCC)OC(=O)CC[C@H](N)C(=O)O. The number of hydrogen-bond donors (Lipinski definition) is 2. The molecule has 0 heterocycles. The van der Waals surface area contributed by atoms with E-state index in [1.54, 1.807) is 0 Å². The molecule has 1 unspecified atom stereocenters. The summed E-state index contributed by atoms with van der Waals surface area (Å²) in [5, 5.41) is 8.85. The van der Waals surface area contributed by atoms with Crippen molar-refractivity contribution < 1.29 is 19.4 Å². The zero-order valence-corrected chi connectivity index (χ0v) is 19.8. The fraction of sp³-hybridized carbons (Fsp3) is 0.920. The fourth-order valence-electron chi connectivity index (χ4n) is 3.74. The average Bonchev–Trinajstić information content (AvgIpc) is 2.72. The van der Waals surface area contributed by atoms with Gasteiger partial charge < -0.3 is 15.6 Å². The van der Waals surface area contributed by atoms with Crippen LogP contribution in [-0.2, 0) is 14.3 Å². The third-order valence-electron chi connectivity index (χ3n) is 5.78. The predicted octanol–water partition coefficient (Wildman–Crippen LogP) is 6.76. The number of hydrogen-bond acceptors (Lipinski definition) is 4. The number of aliphatic carboxylic acids is 1. The molecule has 0 aromatic heterocycles. The molecule has 0 bridgehead atoms. The number of unbranched alkanes of at least 4 members (excludes halogenated alkanes) is 13. The van der Waals surface area contributed by atoms with Gasteiger partial charge in [0.1, 0.15) is 12.1 Å². The molecule has 0 fully saturated rings. The lowest BCUT2D eigenvalue weighted by molar-refractivity contribution is -0.150. The Kier molecular flexibility index (Phi) is 20.4. The standard InChI is InChI=1S/C25H49NO4/c1-3-5-7-9-11-12-13-15-17-19-22(18-16-14-10-8-6-4-2)30-24(27)21-20-23(26)25(28)29/h22-23H,3-21,26H2,1-2H3,(H,28,29)/t22?,23-/m0/s1. The Hall–Kier alpha value is -1.10. The minimum atomic E-state index is -1.07. The van der Waals surface area contributed by atoms with Gasteiger partial charge in [-0.25, -0.2) is 0 Å². The van der Waals surface area contributed by atoms with Crippen molar-refractivity contribution >= 4 is 11.9 Å². The Balaban J connectivity index is 4.11. The second-order valence-corrected chi connectivity index (χ2v) is 8.77. The summed E-state index contributed by atoms with van der Waals surface area (Å²) < 4.78 is 5.69. The van der Waals surface area contributed by atoms with Crippen LogP contribution in [0.2, 0.25) is 0 Å². The minimum Gasteiger partial charge on any atom is -0.480 e. The van der Waals surface area contributed by atoms with Gasteiger partial charge in [0.15, 0.2) is 0 Å². The molecule has 0 aliphatic heterocycles. The van der Waals surface area contributed by atoms with E-state index in [-0.39, 0.29) is 24.9 Å². The summed E-state index contributed by atoms with van der Waals surface area (Å²) in [6.07, 6.45) is 20.9. The molecule has 5 heteroatoms. The van der Waals surface area contributed by atoms with Crippen molar-refractivity contribution in [2.75, 3.05) is 0 Å². The lowest BCUT2D eigenvalue weighted by Crippen LogP contribution is -2.31. The normalized spacial score (nSPS) is 13.2. The van der Waals surface area contributed by atoms with Crippen molar-refractivity contribution in [3.63, 3.8) is 0 Å². The van der Waals surface area contributed by atoms with E-state index in [4.69, 9.17) is 15.6 Å². The molecule has 0 spiro atoms. The highest BCUT2D eigenvalue weighted by molar-refractivity contribution is 5.75. The van der Waals surface area contributed by atoms with Crippen molar-refractivity contribution in [3.05, 3.63) is 0 Å². The first kappa shape index (κ1) is 28.9.